The third-order valence-corrected chi connectivity index (χ3v) is 15.6. The van der Waals surface area contributed by atoms with E-state index in [4.69, 9.17) is 23.9 Å². The van der Waals surface area contributed by atoms with Gasteiger partial charge in [-0.3, -0.25) is 28.9 Å². The van der Waals surface area contributed by atoms with Crippen LogP contribution in [0.4, 0.5) is 8.78 Å². The fraction of sp³-hybridized carbons (Fsp3) is 0.464. The van der Waals surface area contributed by atoms with Crippen molar-refractivity contribution in [3.63, 3.8) is 0 Å². The Hall–Kier alpha value is -6.53. The molecule has 2 amide bonds. The maximum Gasteiger partial charge on any atom is 0.249 e. The van der Waals surface area contributed by atoms with Gasteiger partial charge in [0.25, 0.3) is 0 Å². The topological polar surface area (TPSA) is 212 Å². The molecule has 6 aromatic rings. The molecule has 3 aliphatic rings. The number of nitrogens with one attached hydrogen (secondary N) is 3. The number of likely N-dealkylation sites (N-methyl/N-ethyl adjacent to an activating group) is 1. The van der Waals surface area contributed by atoms with Crippen molar-refractivity contribution in [1.29, 1.82) is 0 Å². The Kier molecular flexibility index (Phi) is 19.7. The van der Waals surface area contributed by atoms with E-state index in [1.807, 2.05) is 29.4 Å². The van der Waals surface area contributed by atoms with Gasteiger partial charge in [0.15, 0.2) is 5.78 Å². The van der Waals surface area contributed by atoms with Crippen molar-refractivity contribution in [2.45, 2.75) is 69.7 Å². The molecule has 2 aromatic carbocycles. The molecular weight excluding hydrogens is 1020 g/mol. The number of hydrogen-bond acceptors (Lipinski definition) is 15. The van der Waals surface area contributed by atoms with Gasteiger partial charge in [0.05, 0.1) is 95.3 Å². The fourth-order valence-electron chi connectivity index (χ4n) is 9.93. The first-order valence-corrected chi connectivity index (χ1v) is 27.6. The number of ketones is 1. The lowest BCUT2D eigenvalue weighted by Crippen LogP contribution is -2.58. The van der Waals surface area contributed by atoms with Crippen molar-refractivity contribution in [2.75, 3.05) is 91.8 Å². The summed E-state index contributed by atoms with van der Waals surface area (Å²) < 4.78 is 53.1. The predicted molar refractivity (Wildman–Crippen MR) is 291 cm³/mol. The lowest BCUT2D eigenvalue weighted by molar-refractivity contribution is -0.138. The first kappa shape index (κ1) is 56.2. The molecule has 3 N–H and O–H groups in total. The number of carbonyl (C=O) groups is 4. The fourth-order valence-corrected chi connectivity index (χ4v) is 11.1. The molecular formula is C56H67F2N11O8S. The lowest BCUT2D eigenvalue weighted by atomic mass is 9.88. The summed E-state index contributed by atoms with van der Waals surface area (Å²) in [5, 5.41) is 16.5. The molecule has 4 atom stereocenters. The largest absolute Gasteiger partial charge is 0.379 e. The van der Waals surface area contributed by atoms with Gasteiger partial charge in [-0.2, -0.15) is 10.2 Å². The molecule has 2 saturated heterocycles. The minimum atomic E-state index is -0.690. The lowest BCUT2D eigenvalue weighted by Gasteiger charge is -2.38. The van der Waals surface area contributed by atoms with E-state index in [9.17, 15) is 28.0 Å². The summed E-state index contributed by atoms with van der Waals surface area (Å²) in [7, 11) is 1.71. The zero-order valence-corrected chi connectivity index (χ0v) is 44.8. The number of fused-ring (bicyclic) bond motifs is 1. The van der Waals surface area contributed by atoms with Crippen LogP contribution in [0.5, 0.6) is 0 Å². The van der Waals surface area contributed by atoms with Crippen LogP contribution in [0.1, 0.15) is 59.7 Å². The highest BCUT2D eigenvalue weighted by Gasteiger charge is 2.42. The van der Waals surface area contributed by atoms with E-state index >= 15 is 0 Å². The number of thioether (sulfide) groups is 1. The third kappa shape index (κ3) is 14.6. The molecule has 7 heterocycles. The first-order chi connectivity index (χ1) is 38.0. The first-order valence-electron chi connectivity index (χ1n) is 26.7. The number of amides is 2. The number of aliphatic imine (C=N–C) groups is 1. The second-order valence-corrected chi connectivity index (χ2v) is 20.7. The van der Waals surface area contributed by atoms with Gasteiger partial charge >= 0.3 is 0 Å². The van der Waals surface area contributed by atoms with Crippen molar-refractivity contribution in [2.24, 2.45) is 10.9 Å². The summed E-state index contributed by atoms with van der Waals surface area (Å²) in [5.41, 5.74) is 5.28. The number of piperidine rings is 1. The molecule has 4 aromatic heterocycles. The summed E-state index contributed by atoms with van der Waals surface area (Å²) in [6.45, 7) is 8.11. The van der Waals surface area contributed by atoms with Gasteiger partial charge in [-0.05, 0) is 107 Å². The number of pyridine rings is 1. The van der Waals surface area contributed by atoms with Crippen molar-refractivity contribution < 1.29 is 46.9 Å². The van der Waals surface area contributed by atoms with Gasteiger partial charge in [0.2, 0.25) is 17.7 Å². The van der Waals surface area contributed by atoms with Gasteiger partial charge in [-0.15, -0.1) is 11.8 Å². The molecule has 2 fully saturated rings. The van der Waals surface area contributed by atoms with E-state index in [1.165, 1.54) is 52.8 Å². The number of carbonyl (C=O) groups excluding carboxylic acids is 4. The zero-order valence-electron chi connectivity index (χ0n) is 44.0. The summed E-state index contributed by atoms with van der Waals surface area (Å²) in [5.74, 6) is -0.992. The smallest absolute Gasteiger partial charge is 0.249 e. The Bertz CT molecular complexity index is 3010. The Morgan fingerprint density at radius 3 is 2.28 bits per heavy atom. The van der Waals surface area contributed by atoms with E-state index in [0.717, 1.165) is 83.6 Å². The summed E-state index contributed by atoms with van der Waals surface area (Å²) in [4.78, 5) is 70.6. The van der Waals surface area contributed by atoms with Crippen LogP contribution >= 0.6 is 11.8 Å². The number of rotatable bonds is 27. The molecule has 19 nitrogen and oxygen atoms in total. The number of aromatic amines is 1. The maximum atomic E-state index is 14.4. The van der Waals surface area contributed by atoms with E-state index in [-0.39, 0.29) is 54.3 Å². The van der Waals surface area contributed by atoms with Crippen LogP contribution in [0.3, 0.4) is 0 Å². The van der Waals surface area contributed by atoms with Crippen molar-refractivity contribution in [3.05, 3.63) is 115 Å². The van der Waals surface area contributed by atoms with Gasteiger partial charge in [0, 0.05) is 76.8 Å². The van der Waals surface area contributed by atoms with Crippen LogP contribution in [0.2, 0.25) is 0 Å². The molecule has 1 unspecified atom stereocenters. The number of benzene rings is 2. The van der Waals surface area contributed by atoms with E-state index in [0.29, 0.717) is 76.3 Å². The molecule has 0 aliphatic carbocycles. The number of halogens is 2. The van der Waals surface area contributed by atoms with Crippen LogP contribution in [-0.2, 0) is 35.1 Å². The molecule has 0 bridgehead atoms. The highest BCUT2D eigenvalue weighted by molar-refractivity contribution is 8.14. The highest BCUT2D eigenvalue weighted by Crippen LogP contribution is 2.34. The van der Waals surface area contributed by atoms with E-state index < -0.39 is 23.9 Å². The number of aromatic nitrogens is 6. The van der Waals surface area contributed by atoms with Gasteiger partial charge in [-0.1, -0.05) is 12.1 Å². The van der Waals surface area contributed by atoms with Crippen molar-refractivity contribution >= 4 is 51.3 Å². The molecule has 0 spiro atoms. The molecule has 9 rings (SSSR count). The standard InChI is InChI=1S/C56H67F2N11O8S/c1-37(59-2)54(72)65-51(56(73)68-15-4-7-49(68)55-64-48(36-78-55)52(71)40-8-10-44(57)11-9-40)39-12-16-66(17-13-39)18-20-75-22-24-77-26-25-76-23-21-74-19-14-50(70)69-35-42(30-63-69)41-28-46-47(32-61-53(46)60-29-41)43-31-62-67(34-43)33-38-5-3-6-45(58)27-38/h3,5-6,8-11,27-32,34-35,37,39,48-49,51,59H,4,7,12-26,33,36H2,1-2H3,(H,60,61)(H,65,72)/t37-,48?,49-,51-/m0/s1. The average Bonchev–Trinajstić information content (AvgIpc) is 4.45. The summed E-state index contributed by atoms with van der Waals surface area (Å²) in [6.07, 6.45) is 13.8. The molecule has 3 aliphatic heterocycles. The SMILES string of the molecule is CN[C@@H](C)C(=O)N[C@H](C(=O)N1CCC[C@H]1C1=NC(C(=O)c2ccc(F)cc2)CS1)C1CCN(CCOCCOCCOCCOCCC(=O)n2cc(-c3cnc4[nH]cc(-c5cnn(Cc6cccc(F)c6)c5)c4c3)cn2)CC1. The number of H-pyrrole nitrogens is 1. The number of ether oxygens (including phenoxy) is 4. The second-order valence-electron chi connectivity index (χ2n) is 19.7. The Labute approximate surface area is 455 Å². The summed E-state index contributed by atoms with van der Waals surface area (Å²) >= 11 is 1.50. The average molecular weight is 1090 g/mol. The predicted octanol–water partition coefficient (Wildman–Crippen LogP) is 5.91. The van der Waals surface area contributed by atoms with Gasteiger partial charge < -0.3 is 44.4 Å². The maximum absolute atomic E-state index is 14.4. The van der Waals surface area contributed by atoms with Crippen LogP contribution in [-0.4, -0.2) is 184 Å². The van der Waals surface area contributed by atoms with Crippen molar-refractivity contribution in [3.8, 4) is 22.3 Å². The molecule has 22 heteroatoms. The summed E-state index contributed by atoms with van der Waals surface area (Å²) in [6, 6.07) is 11.9. The molecule has 0 radical (unpaired) electrons. The monoisotopic (exact) mass is 1090 g/mol. The van der Waals surface area contributed by atoms with Gasteiger partial charge in [0.1, 0.15) is 29.4 Å². The van der Waals surface area contributed by atoms with E-state index in [2.05, 4.69) is 35.7 Å². The normalized spacial score (nSPS) is 17.9. The number of likely N-dealkylation sites (tertiary alicyclic amines) is 2. The minimum Gasteiger partial charge on any atom is -0.379 e. The third-order valence-electron chi connectivity index (χ3n) is 14.4. The quantitative estimate of drug-likeness (QED) is 0.0405. The Morgan fingerprint density at radius 2 is 1.54 bits per heavy atom. The highest BCUT2D eigenvalue weighted by atomic mass is 32.2. The number of hydrogen-bond donors (Lipinski definition) is 3. The van der Waals surface area contributed by atoms with Crippen LogP contribution < -0.4 is 10.6 Å². The van der Waals surface area contributed by atoms with Crippen LogP contribution in [0, 0.1) is 17.6 Å². The molecule has 414 valence electrons. The van der Waals surface area contributed by atoms with Crippen LogP contribution in [0.15, 0.2) is 96.8 Å². The number of nitrogens with zero attached hydrogens (tertiary/aromatic N) is 8. The molecule has 78 heavy (non-hydrogen) atoms. The number of Topliss-reactive ketones (excluding diaryl/α,β-unsaturated/α-hetero) is 1. The minimum absolute atomic E-state index is 0.0518. The van der Waals surface area contributed by atoms with E-state index in [1.54, 1.807) is 49.5 Å². The zero-order chi connectivity index (χ0) is 54.4. The Morgan fingerprint density at radius 1 is 0.808 bits per heavy atom. The Balaban J connectivity index is 0.621. The van der Waals surface area contributed by atoms with Gasteiger partial charge in [-0.25, -0.2) is 18.4 Å². The van der Waals surface area contributed by atoms with Crippen molar-refractivity contribution in [1.82, 2.24) is 50.0 Å². The molecule has 0 saturated carbocycles. The second kappa shape index (κ2) is 27.4. The van der Waals surface area contributed by atoms with Crippen LogP contribution in [0.25, 0.3) is 33.3 Å².